The van der Waals surface area contributed by atoms with E-state index in [1.807, 2.05) is 42.5 Å². The molecule has 0 unspecified atom stereocenters. The number of fused-ring (bicyclic) bond motifs is 1. The van der Waals surface area contributed by atoms with Gasteiger partial charge in [-0.2, -0.15) is 0 Å². The summed E-state index contributed by atoms with van der Waals surface area (Å²) in [4.78, 5) is 68.5. The molecule has 3 aromatic carbocycles. The van der Waals surface area contributed by atoms with Crippen molar-refractivity contribution in [1.29, 1.82) is 10.8 Å². The molecule has 1 heterocycles. The first kappa shape index (κ1) is 39.4. The van der Waals surface area contributed by atoms with E-state index in [0.29, 0.717) is 18.4 Å². The summed E-state index contributed by atoms with van der Waals surface area (Å²) in [6.45, 7) is -0.0765. The third-order valence-corrected chi connectivity index (χ3v) is 8.57. The van der Waals surface area contributed by atoms with Crippen LogP contribution in [0.1, 0.15) is 36.8 Å². The maximum Gasteiger partial charge on any atom is 0.243 e. The Kier molecular flexibility index (Phi) is 14.3. The second kappa shape index (κ2) is 19.3. The molecule has 0 radical (unpaired) electrons. The zero-order valence-corrected chi connectivity index (χ0v) is 29.2. The van der Waals surface area contributed by atoms with Crippen LogP contribution in [0, 0.1) is 10.8 Å². The van der Waals surface area contributed by atoms with Crippen molar-refractivity contribution in [2.24, 2.45) is 11.5 Å². The average molecular weight is 730 g/mol. The summed E-state index contributed by atoms with van der Waals surface area (Å²) in [5, 5.41) is 45.3. The second-order valence-corrected chi connectivity index (χ2v) is 12.7. The molecular weight excluding hydrogens is 682 g/mol. The van der Waals surface area contributed by atoms with Crippen LogP contribution in [0.15, 0.2) is 66.7 Å². The van der Waals surface area contributed by atoms with Crippen molar-refractivity contribution in [3.63, 3.8) is 0 Å². The van der Waals surface area contributed by atoms with Crippen LogP contribution in [0.3, 0.4) is 0 Å². The Morgan fingerprint density at radius 3 is 1.72 bits per heavy atom. The van der Waals surface area contributed by atoms with E-state index in [1.165, 1.54) is 12.1 Å². The smallest absolute Gasteiger partial charge is 0.243 e. The number of benzene rings is 3. The van der Waals surface area contributed by atoms with Crippen LogP contribution in [0.4, 0.5) is 0 Å². The SMILES string of the molecule is N=C(N)NCCC[C@@H]1NC(=O)[C@H](CCCNC(=N)N)NC(=O)[C@@H](Cc2ccc(O)cc2)NC(=O)CNC(=O)[C@H](Cc2ccc3ccccc3c2)NC1=O. The van der Waals surface area contributed by atoms with Crippen molar-refractivity contribution in [2.75, 3.05) is 19.6 Å². The largest absolute Gasteiger partial charge is 0.508 e. The topological polar surface area (TPSA) is 290 Å². The molecule has 3 aromatic rings. The van der Waals surface area contributed by atoms with Gasteiger partial charge in [-0.1, -0.05) is 54.6 Å². The number of aromatic hydroxyl groups is 1. The minimum atomic E-state index is -1.19. The Morgan fingerprint density at radius 2 is 1.13 bits per heavy atom. The number of phenols is 1. The van der Waals surface area contributed by atoms with Gasteiger partial charge in [0, 0.05) is 25.9 Å². The molecule has 1 aliphatic heterocycles. The summed E-state index contributed by atoms with van der Waals surface area (Å²) >= 11 is 0. The predicted molar refractivity (Wildman–Crippen MR) is 198 cm³/mol. The van der Waals surface area contributed by atoms with E-state index in [2.05, 4.69) is 37.2 Å². The highest BCUT2D eigenvalue weighted by atomic mass is 16.3. The molecule has 5 amide bonds. The van der Waals surface area contributed by atoms with Gasteiger partial charge in [-0.25, -0.2) is 0 Å². The Bertz CT molecular complexity index is 1800. The molecule has 0 saturated carbocycles. The molecule has 0 bridgehead atoms. The molecule has 4 atom stereocenters. The van der Waals surface area contributed by atoms with Crippen LogP contribution in [0.2, 0.25) is 0 Å². The predicted octanol–water partition coefficient (Wildman–Crippen LogP) is -1.07. The van der Waals surface area contributed by atoms with Gasteiger partial charge >= 0.3 is 0 Å². The number of guanidine groups is 2. The summed E-state index contributed by atoms with van der Waals surface area (Å²) in [6, 6.07) is 14.7. The van der Waals surface area contributed by atoms with E-state index < -0.39 is 60.2 Å². The van der Waals surface area contributed by atoms with Gasteiger partial charge in [0.25, 0.3) is 0 Å². The van der Waals surface area contributed by atoms with Gasteiger partial charge in [0.2, 0.25) is 29.5 Å². The highest BCUT2D eigenvalue weighted by molar-refractivity contribution is 5.97. The van der Waals surface area contributed by atoms with Crippen molar-refractivity contribution >= 4 is 52.2 Å². The third kappa shape index (κ3) is 12.7. The fourth-order valence-corrected chi connectivity index (χ4v) is 5.84. The highest BCUT2D eigenvalue weighted by Gasteiger charge is 2.32. The molecule has 17 heteroatoms. The zero-order valence-electron chi connectivity index (χ0n) is 29.2. The fraction of sp³-hybridized carbons (Fsp3) is 0.361. The van der Waals surface area contributed by atoms with Gasteiger partial charge in [-0.3, -0.25) is 34.8 Å². The van der Waals surface area contributed by atoms with E-state index in [-0.39, 0.29) is 56.4 Å². The van der Waals surface area contributed by atoms with Crippen molar-refractivity contribution in [3.8, 4) is 5.75 Å². The van der Waals surface area contributed by atoms with Crippen molar-refractivity contribution < 1.29 is 29.1 Å². The molecule has 1 aliphatic rings. The number of nitrogens with two attached hydrogens (primary N) is 2. The zero-order chi connectivity index (χ0) is 38.3. The Hall–Kier alpha value is -6.39. The van der Waals surface area contributed by atoms with Crippen LogP contribution in [-0.4, -0.2) is 90.4 Å². The van der Waals surface area contributed by atoms with E-state index in [4.69, 9.17) is 22.3 Å². The molecule has 0 aromatic heterocycles. The summed E-state index contributed by atoms with van der Waals surface area (Å²) in [7, 11) is 0. The van der Waals surface area contributed by atoms with Gasteiger partial charge < -0.3 is 53.8 Å². The first-order chi connectivity index (χ1) is 25.4. The number of hydrogen-bond acceptors (Lipinski definition) is 8. The summed E-state index contributed by atoms with van der Waals surface area (Å²) in [6.07, 6.45) is 0.792. The van der Waals surface area contributed by atoms with Crippen molar-refractivity contribution in [3.05, 3.63) is 77.9 Å². The summed E-state index contributed by atoms with van der Waals surface area (Å²) in [5.74, 6) is -3.94. The fourth-order valence-electron chi connectivity index (χ4n) is 5.84. The van der Waals surface area contributed by atoms with Crippen LogP contribution in [0.5, 0.6) is 5.75 Å². The number of hydrogen-bond donors (Lipinski definition) is 12. The lowest BCUT2D eigenvalue weighted by Gasteiger charge is -2.26. The molecule has 282 valence electrons. The maximum atomic E-state index is 13.9. The lowest BCUT2D eigenvalue weighted by Crippen LogP contribution is -2.58. The molecule has 0 aliphatic carbocycles. The number of rotatable bonds is 12. The van der Waals surface area contributed by atoms with E-state index >= 15 is 0 Å². The van der Waals surface area contributed by atoms with Gasteiger partial charge in [0.1, 0.15) is 29.9 Å². The molecule has 0 spiro atoms. The van der Waals surface area contributed by atoms with Gasteiger partial charge in [-0.05, 0) is 59.7 Å². The van der Waals surface area contributed by atoms with Crippen LogP contribution < -0.4 is 48.7 Å². The molecule has 1 fully saturated rings. The van der Waals surface area contributed by atoms with E-state index in [9.17, 15) is 29.1 Å². The number of carbonyl (C=O) groups excluding carboxylic acids is 5. The molecule has 4 rings (SSSR count). The first-order valence-electron chi connectivity index (χ1n) is 17.3. The normalized spacial score (nSPS) is 20.0. The number of carbonyl (C=O) groups is 5. The van der Waals surface area contributed by atoms with E-state index in [0.717, 1.165) is 16.3 Å². The summed E-state index contributed by atoms with van der Waals surface area (Å²) in [5.41, 5.74) is 12.2. The van der Waals surface area contributed by atoms with E-state index in [1.54, 1.807) is 12.1 Å². The molecule has 17 nitrogen and oxygen atoms in total. The van der Waals surface area contributed by atoms with Gasteiger partial charge in [-0.15, -0.1) is 0 Å². The summed E-state index contributed by atoms with van der Waals surface area (Å²) < 4.78 is 0. The number of phenolic OH excluding ortho intramolecular Hbond substituents is 1. The molecular formula is C36H47N11O6. The maximum absolute atomic E-state index is 13.9. The first-order valence-corrected chi connectivity index (χ1v) is 17.3. The minimum Gasteiger partial charge on any atom is -0.508 e. The van der Waals surface area contributed by atoms with Gasteiger partial charge in [0.05, 0.1) is 6.54 Å². The number of amides is 5. The Labute approximate surface area is 306 Å². The minimum absolute atomic E-state index is 0.0101. The van der Waals surface area contributed by atoms with Crippen molar-refractivity contribution in [1.82, 2.24) is 37.2 Å². The quantitative estimate of drug-likeness (QED) is 0.0609. The van der Waals surface area contributed by atoms with Gasteiger partial charge in [0.15, 0.2) is 11.9 Å². The van der Waals surface area contributed by atoms with Crippen LogP contribution in [-0.2, 0) is 36.8 Å². The monoisotopic (exact) mass is 729 g/mol. The third-order valence-electron chi connectivity index (χ3n) is 8.57. The standard InChI is InChI=1S/C36H47N11O6/c37-35(38)41-15-3-7-26-32(51)45-27(8-4-16-42-36(39)40)33(52)47-28(19-22-9-12-23-5-1-2-6-24(23)17-22)31(50)43-20-30(49)44-29(34(53)46-26)18-21-10-13-25(48)14-11-21/h1-2,5-6,9-14,17,26-29,48H,3-4,7-8,15-16,18-20H2,(H,43,50)(H,44,49)(H,45,51)(H,46,53)(H,47,52)(H4,37,38,41)(H4,39,40,42)/t26-,27-,28-,29+/m0/s1. The Balaban J connectivity index is 1.66. The second-order valence-electron chi connectivity index (χ2n) is 12.7. The van der Waals surface area contributed by atoms with Crippen LogP contribution in [0.25, 0.3) is 10.8 Å². The molecule has 14 N–H and O–H groups in total. The lowest BCUT2D eigenvalue weighted by atomic mass is 10.0. The van der Waals surface area contributed by atoms with Crippen molar-refractivity contribution in [2.45, 2.75) is 62.7 Å². The molecule has 1 saturated heterocycles. The Morgan fingerprint density at radius 1 is 0.642 bits per heavy atom. The molecule has 53 heavy (non-hydrogen) atoms. The number of nitrogens with one attached hydrogen (secondary N) is 9. The highest BCUT2D eigenvalue weighted by Crippen LogP contribution is 2.17. The van der Waals surface area contributed by atoms with Crippen LogP contribution >= 0.6 is 0 Å². The average Bonchev–Trinajstić information content (AvgIpc) is 3.12. The lowest BCUT2D eigenvalue weighted by molar-refractivity contribution is -0.134.